The highest BCUT2D eigenvalue weighted by atomic mass is 35.5. The molecular formula is C23H21ClFNO4. The molecule has 156 valence electrons. The Morgan fingerprint density at radius 3 is 2.40 bits per heavy atom. The van der Waals surface area contributed by atoms with Crippen LogP contribution in [0.2, 0.25) is 5.02 Å². The number of Topliss-reactive ketones (excluding diaryl/α,β-unsaturated/α-hetero) is 1. The van der Waals surface area contributed by atoms with Crippen molar-refractivity contribution in [2.24, 2.45) is 0 Å². The van der Waals surface area contributed by atoms with Crippen LogP contribution in [0.15, 0.2) is 48.5 Å². The van der Waals surface area contributed by atoms with Gasteiger partial charge in [0.15, 0.2) is 6.61 Å². The van der Waals surface area contributed by atoms with Crippen molar-refractivity contribution in [1.29, 1.82) is 0 Å². The van der Waals surface area contributed by atoms with Gasteiger partial charge in [-0.15, -0.1) is 0 Å². The Morgan fingerprint density at radius 1 is 1.07 bits per heavy atom. The molecule has 0 spiro atoms. The molecule has 0 N–H and O–H groups in total. The number of ketones is 1. The monoisotopic (exact) mass is 429 g/mol. The first kappa shape index (κ1) is 21.6. The molecule has 0 fully saturated rings. The topological polar surface area (TPSA) is 57.5 Å². The van der Waals surface area contributed by atoms with Crippen LogP contribution in [0.3, 0.4) is 0 Å². The summed E-state index contributed by atoms with van der Waals surface area (Å²) in [7, 11) is 1.34. The molecule has 0 radical (unpaired) electrons. The Labute approximate surface area is 179 Å². The van der Waals surface area contributed by atoms with Gasteiger partial charge in [-0.25, -0.2) is 4.39 Å². The standard InChI is InChI=1S/C23H21ClFNO4/c1-14-10-19(15(2)26(14)17-6-9-21(25)20(24)12-17)22(27)13-30-18-7-4-16(5-8-18)11-23(28)29-3/h4-10,12H,11,13H2,1-3H3. The Kier molecular flexibility index (Phi) is 6.57. The highest BCUT2D eigenvalue weighted by Crippen LogP contribution is 2.25. The average molecular weight is 430 g/mol. The number of rotatable bonds is 7. The maximum atomic E-state index is 13.5. The van der Waals surface area contributed by atoms with Crippen molar-refractivity contribution in [2.75, 3.05) is 13.7 Å². The van der Waals surface area contributed by atoms with E-state index in [1.54, 1.807) is 36.4 Å². The van der Waals surface area contributed by atoms with Gasteiger partial charge in [-0.05, 0) is 55.8 Å². The molecule has 0 unspecified atom stereocenters. The number of halogens is 2. The van der Waals surface area contributed by atoms with Gasteiger partial charge >= 0.3 is 5.97 Å². The Bertz CT molecular complexity index is 1090. The van der Waals surface area contributed by atoms with Crippen molar-refractivity contribution in [3.8, 4) is 11.4 Å². The molecular weight excluding hydrogens is 409 g/mol. The zero-order valence-corrected chi connectivity index (χ0v) is 17.6. The molecule has 0 saturated heterocycles. The second-order valence-electron chi connectivity index (χ2n) is 6.83. The minimum Gasteiger partial charge on any atom is -0.485 e. The molecule has 0 aliphatic rings. The maximum Gasteiger partial charge on any atom is 0.309 e. The highest BCUT2D eigenvalue weighted by Gasteiger charge is 2.18. The summed E-state index contributed by atoms with van der Waals surface area (Å²) in [5.74, 6) is -0.473. The van der Waals surface area contributed by atoms with Crippen molar-refractivity contribution in [2.45, 2.75) is 20.3 Å². The summed E-state index contributed by atoms with van der Waals surface area (Å²) < 4.78 is 25.6. The number of ether oxygens (including phenoxy) is 2. The molecule has 0 aliphatic heterocycles. The Morgan fingerprint density at radius 2 is 1.77 bits per heavy atom. The second-order valence-corrected chi connectivity index (χ2v) is 7.23. The van der Waals surface area contributed by atoms with E-state index >= 15 is 0 Å². The number of hydrogen-bond donors (Lipinski definition) is 0. The molecule has 7 heteroatoms. The van der Waals surface area contributed by atoms with E-state index in [1.807, 2.05) is 18.4 Å². The minimum atomic E-state index is -0.495. The number of methoxy groups -OCH3 is 1. The number of esters is 1. The van der Waals surface area contributed by atoms with Gasteiger partial charge in [0.2, 0.25) is 5.78 Å². The zero-order valence-electron chi connectivity index (χ0n) is 16.9. The number of hydrogen-bond acceptors (Lipinski definition) is 4. The zero-order chi connectivity index (χ0) is 21.8. The normalized spacial score (nSPS) is 10.7. The number of carbonyl (C=O) groups is 2. The van der Waals surface area contributed by atoms with Gasteiger partial charge in [0, 0.05) is 22.6 Å². The van der Waals surface area contributed by atoms with Gasteiger partial charge in [0.05, 0.1) is 18.6 Å². The van der Waals surface area contributed by atoms with Crippen molar-refractivity contribution >= 4 is 23.4 Å². The first-order chi connectivity index (χ1) is 14.3. The van der Waals surface area contributed by atoms with Crippen LogP contribution < -0.4 is 4.74 Å². The van der Waals surface area contributed by atoms with Gasteiger partial charge in [0.1, 0.15) is 11.6 Å². The van der Waals surface area contributed by atoms with Gasteiger partial charge in [0.25, 0.3) is 0 Å². The van der Waals surface area contributed by atoms with Gasteiger partial charge in [-0.3, -0.25) is 9.59 Å². The fraction of sp³-hybridized carbons (Fsp3) is 0.217. The number of nitrogens with zero attached hydrogens (tertiary/aromatic N) is 1. The lowest BCUT2D eigenvalue weighted by Crippen LogP contribution is -2.13. The van der Waals surface area contributed by atoms with Crippen molar-refractivity contribution in [3.63, 3.8) is 0 Å². The number of carbonyl (C=O) groups excluding carboxylic acids is 2. The highest BCUT2D eigenvalue weighted by molar-refractivity contribution is 6.30. The second kappa shape index (κ2) is 9.13. The van der Waals surface area contributed by atoms with Crippen LogP contribution in [-0.4, -0.2) is 30.0 Å². The summed E-state index contributed by atoms with van der Waals surface area (Å²) in [6.07, 6.45) is 0.176. The lowest BCUT2D eigenvalue weighted by atomic mass is 10.1. The third-order valence-electron chi connectivity index (χ3n) is 4.76. The predicted molar refractivity (Wildman–Crippen MR) is 112 cm³/mol. The molecule has 0 aliphatic carbocycles. The van der Waals surface area contributed by atoms with Crippen LogP contribution in [0.4, 0.5) is 4.39 Å². The molecule has 1 aromatic heterocycles. The number of aryl methyl sites for hydroxylation is 1. The molecule has 0 bridgehead atoms. The van der Waals surface area contributed by atoms with Crippen molar-refractivity contribution in [1.82, 2.24) is 4.57 Å². The number of benzene rings is 2. The lowest BCUT2D eigenvalue weighted by molar-refractivity contribution is -0.139. The van der Waals surface area contributed by atoms with E-state index in [-0.39, 0.29) is 29.8 Å². The fourth-order valence-corrected chi connectivity index (χ4v) is 3.41. The third-order valence-corrected chi connectivity index (χ3v) is 5.05. The van der Waals surface area contributed by atoms with E-state index in [1.165, 1.54) is 19.2 Å². The first-order valence-electron chi connectivity index (χ1n) is 9.26. The summed E-state index contributed by atoms with van der Waals surface area (Å²) in [5, 5.41) is 0.0202. The largest absolute Gasteiger partial charge is 0.485 e. The lowest BCUT2D eigenvalue weighted by Gasteiger charge is -2.11. The Hall–Kier alpha value is -3.12. The van der Waals surface area contributed by atoms with Gasteiger partial charge in [-0.1, -0.05) is 23.7 Å². The molecule has 3 rings (SSSR count). The quantitative estimate of drug-likeness (QED) is 0.397. The summed E-state index contributed by atoms with van der Waals surface area (Å²) >= 11 is 5.90. The molecule has 3 aromatic rings. The summed E-state index contributed by atoms with van der Waals surface area (Å²) in [6, 6.07) is 13.1. The first-order valence-corrected chi connectivity index (χ1v) is 9.64. The predicted octanol–water partition coefficient (Wildman–Crippen LogP) is 4.86. The molecule has 0 atom stereocenters. The van der Waals surface area contributed by atoms with Gasteiger partial charge in [-0.2, -0.15) is 0 Å². The van der Waals surface area contributed by atoms with E-state index in [0.717, 1.165) is 17.0 Å². The number of aromatic nitrogens is 1. The van der Waals surface area contributed by atoms with Crippen molar-refractivity contribution in [3.05, 3.63) is 81.9 Å². The van der Waals surface area contributed by atoms with Crippen LogP contribution in [0.5, 0.6) is 5.75 Å². The van der Waals surface area contributed by atoms with Crippen molar-refractivity contribution < 1.29 is 23.5 Å². The summed E-state index contributed by atoms with van der Waals surface area (Å²) in [5.41, 5.74) is 3.54. The van der Waals surface area contributed by atoms with E-state index in [0.29, 0.717) is 17.0 Å². The van der Waals surface area contributed by atoms with Crippen LogP contribution in [0, 0.1) is 19.7 Å². The minimum absolute atomic E-state index is 0.0202. The Balaban J connectivity index is 1.72. The summed E-state index contributed by atoms with van der Waals surface area (Å²) in [4.78, 5) is 24.0. The fourth-order valence-electron chi connectivity index (χ4n) is 3.24. The molecule has 1 heterocycles. The summed E-state index contributed by atoms with van der Waals surface area (Å²) in [6.45, 7) is 3.55. The maximum absolute atomic E-state index is 13.5. The molecule has 30 heavy (non-hydrogen) atoms. The van der Waals surface area contributed by atoms with E-state index in [4.69, 9.17) is 16.3 Å². The molecule has 5 nitrogen and oxygen atoms in total. The van der Waals surface area contributed by atoms with Crippen LogP contribution >= 0.6 is 11.6 Å². The van der Waals surface area contributed by atoms with Crippen LogP contribution in [-0.2, 0) is 16.0 Å². The SMILES string of the molecule is COC(=O)Cc1ccc(OCC(=O)c2cc(C)n(-c3ccc(F)c(Cl)c3)c2C)cc1. The molecule has 0 amide bonds. The third kappa shape index (κ3) is 4.71. The van der Waals surface area contributed by atoms with E-state index in [2.05, 4.69) is 4.74 Å². The van der Waals surface area contributed by atoms with E-state index in [9.17, 15) is 14.0 Å². The average Bonchev–Trinajstić information content (AvgIpc) is 3.03. The van der Waals surface area contributed by atoms with E-state index < -0.39 is 5.82 Å². The smallest absolute Gasteiger partial charge is 0.309 e. The van der Waals surface area contributed by atoms with Gasteiger partial charge < -0.3 is 14.0 Å². The molecule has 2 aromatic carbocycles. The van der Waals surface area contributed by atoms with Crippen LogP contribution in [0.1, 0.15) is 27.3 Å². The van der Waals surface area contributed by atoms with Crippen LogP contribution in [0.25, 0.3) is 5.69 Å². The molecule has 0 saturated carbocycles.